The van der Waals surface area contributed by atoms with E-state index >= 15 is 0 Å². The van der Waals surface area contributed by atoms with Crippen LogP contribution in [0.3, 0.4) is 0 Å². The van der Waals surface area contributed by atoms with Crippen molar-refractivity contribution in [2.75, 3.05) is 0 Å². The summed E-state index contributed by atoms with van der Waals surface area (Å²) in [7, 11) is 0. The van der Waals surface area contributed by atoms with Crippen LogP contribution in [-0.2, 0) is 6.42 Å². The minimum Gasteiger partial charge on any atom is -0.207 e. The monoisotopic (exact) mass is 304 g/mol. The summed E-state index contributed by atoms with van der Waals surface area (Å²) in [6.45, 7) is 2.21. The maximum Gasteiger partial charge on any atom is 0.123 e. The fourth-order valence-electron chi connectivity index (χ4n) is 2.87. The van der Waals surface area contributed by atoms with E-state index in [-0.39, 0.29) is 5.82 Å². The highest BCUT2D eigenvalue weighted by molar-refractivity contribution is 5.83. The van der Waals surface area contributed by atoms with E-state index in [0.717, 1.165) is 23.1 Å². The SMILES string of the molecule is CCCCc1ccc(-c2ccccc2-c2cccc(F)c2)cc1. The summed E-state index contributed by atoms with van der Waals surface area (Å²) < 4.78 is 13.6. The molecule has 0 aliphatic carbocycles. The van der Waals surface area contributed by atoms with Gasteiger partial charge in [0.15, 0.2) is 0 Å². The molecule has 116 valence electrons. The second kappa shape index (κ2) is 7.23. The first-order valence-corrected chi connectivity index (χ1v) is 8.22. The van der Waals surface area contributed by atoms with E-state index in [4.69, 9.17) is 0 Å². The molecule has 0 unspecified atom stereocenters. The molecular weight excluding hydrogens is 283 g/mol. The highest BCUT2D eigenvalue weighted by Gasteiger charge is 2.07. The highest BCUT2D eigenvalue weighted by atomic mass is 19.1. The minimum atomic E-state index is -0.202. The van der Waals surface area contributed by atoms with Gasteiger partial charge in [-0.15, -0.1) is 0 Å². The van der Waals surface area contributed by atoms with Crippen molar-refractivity contribution in [2.24, 2.45) is 0 Å². The van der Waals surface area contributed by atoms with E-state index in [0.29, 0.717) is 0 Å². The van der Waals surface area contributed by atoms with Crippen molar-refractivity contribution in [3.63, 3.8) is 0 Å². The minimum absolute atomic E-state index is 0.202. The van der Waals surface area contributed by atoms with Crippen molar-refractivity contribution in [1.82, 2.24) is 0 Å². The van der Waals surface area contributed by atoms with Crippen LogP contribution < -0.4 is 0 Å². The third-order valence-electron chi connectivity index (χ3n) is 4.15. The molecule has 0 saturated heterocycles. The predicted octanol–water partition coefficient (Wildman–Crippen LogP) is 6.50. The predicted molar refractivity (Wildman–Crippen MR) is 95.9 cm³/mol. The number of aryl methyl sites for hydroxylation is 1. The van der Waals surface area contributed by atoms with Crippen molar-refractivity contribution in [3.8, 4) is 22.3 Å². The number of benzene rings is 3. The Morgan fingerprint density at radius 1 is 0.739 bits per heavy atom. The van der Waals surface area contributed by atoms with Crippen molar-refractivity contribution < 1.29 is 4.39 Å². The summed E-state index contributed by atoms with van der Waals surface area (Å²) in [5.41, 5.74) is 5.66. The van der Waals surface area contributed by atoms with Crippen LogP contribution in [-0.4, -0.2) is 0 Å². The van der Waals surface area contributed by atoms with Gasteiger partial charge in [0.05, 0.1) is 0 Å². The van der Waals surface area contributed by atoms with Gasteiger partial charge in [-0.1, -0.05) is 74.0 Å². The molecular formula is C22H21F. The molecule has 3 aromatic rings. The van der Waals surface area contributed by atoms with Crippen LogP contribution in [0.5, 0.6) is 0 Å². The zero-order valence-electron chi connectivity index (χ0n) is 13.4. The number of rotatable bonds is 5. The van der Waals surface area contributed by atoms with Crippen LogP contribution in [0.1, 0.15) is 25.3 Å². The standard InChI is InChI=1S/C22H21F/c1-2-3-7-17-12-14-18(15-13-17)21-10-4-5-11-22(21)19-8-6-9-20(23)16-19/h4-6,8-16H,2-3,7H2,1H3. The van der Waals surface area contributed by atoms with Crippen molar-refractivity contribution in [3.05, 3.63) is 84.2 Å². The molecule has 0 N–H and O–H groups in total. The average molecular weight is 304 g/mol. The lowest BCUT2D eigenvalue weighted by molar-refractivity contribution is 0.628. The zero-order valence-corrected chi connectivity index (χ0v) is 13.4. The average Bonchev–Trinajstić information content (AvgIpc) is 2.60. The molecule has 0 aromatic heterocycles. The summed E-state index contributed by atoms with van der Waals surface area (Å²) in [6, 6.07) is 23.7. The quantitative estimate of drug-likeness (QED) is 0.504. The normalized spacial score (nSPS) is 10.7. The largest absolute Gasteiger partial charge is 0.207 e. The molecule has 23 heavy (non-hydrogen) atoms. The first kappa shape index (κ1) is 15.5. The van der Waals surface area contributed by atoms with Crippen LogP contribution in [0.25, 0.3) is 22.3 Å². The molecule has 0 amide bonds. The van der Waals surface area contributed by atoms with E-state index in [1.54, 1.807) is 12.1 Å². The fourth-order valence-corrected chi connectivity index (χ4v) is 2.87. The van der Waals surface area contributed by atoms with Gasteiger partial charge in [0.2, 0.25) is 0 Å². The van der Waals surface area contributed by atoms with Crippen LogP contribution in [0, 0.1) is 5.82 Å². The smallest absolute Gasteiger partial charge is 0.123 e. The second-order valence-electron chi connectivity index (χ2n) is 5.86. The molecule has 0 nitrogen and oxygen atoms in total. The van der Waals surface area contributed by atoms with E-state index < -0.39 is 0 Å². The van der Waals surface area contributed by atoms with Gasteiger partial charge < -0.3 is 0 Å². The molecule has 1 heteroatoms. The molecule has 0 heterocycles. The molecule has 0 aliphatic rings. The Morgan fingerprint density at radius 3 is 2.09 bits per heavy atom. The number of unbranched alkanes of at least 4 members (excludes halogenated alkanes) is 1. The Hall–Kier alpha value is -2.41. The molecule has 0 atom stereocenters. The fraction of sp³-hybridized carbons (Fsp3) is 0.182. The number of halogens is 1. The Labute approximate surface area is 137 Å². The molecule has 3 aromatic carbocycles. The first-order chi connectivity index (χ1) is 11.3. The van der Waals surface area contributed by atoms with Gasteiger partial charge in [0.1, 0.15) is 5.82 Å². The molecule has 0 saturated carbocycles. The van der Waals surface area contributed by atoms with E-state index in [1.807, 2.05) is 18.2 Å². The topological polar surface area (TPSA) is 0 Å². The lowest BCUT2D eigenvalue weighted by Crippen LogP contribution is -1.88. The molecule has 0 fully saturated rings. The zero-order chi connectivity index (χ0) is 16.1. The highest BCUT2D eigenvalue weighted by Crippen LogP contribution is 2.32. The van der Waals surface area contributed by atoms with Crippen LogP contribution in [0.2, 0.25) is 0 Å². The van der Waals surface area contributed by atoms with Crippen LogP contribution in [0.15, 0.2) is 72.8 Å². The maximum absolute atomic E-state index is 13.6. The van der Waals surface area contributed by atoms with E-state index in [1.165, 1.54) is 30.0 Å². The lowest BCUT2D eigenvalue weighted by atomic mass is 9.93. The second-order valence-corrected chi connectivity index (χ2v) is 5.86. The van der Waals surface area contributed by atoms with Gasteiger partial charge >= 0.3 is 0 Å². The van der Waals surface area contributed by atoms with Gasteiger partial charge in [-0.2, -0.15) is 0 Å². The van der Waals surface area contributed by atoms with Gasteiger partial charge in [-0.3, -0.25) is 0 Å². The molecule has 0 radical (unpaired) electrons. The summed E-state index contributed by atoms with van der Waals surface area (Å²) in [4.78, 5) is 0. The molecule has 3 rings (SSSR count). The third kappa shape index (κ3) is 3.68. The number of hydrogen-bond acceptors (Lipinski definition) is 0. The third-order valence-corrected chi connectivity index (χ3v) is 4.15. The Bertz CT molecular complexity index is 772. The Kier molecular flexibility index (Phi) is 4.87. The van der Waals surface area contributed by atoms with Gasteiger partial charge in [0, 0.05) is 0 Å². The van der Waals surface area contributed by atoms with Crippen LogP contribution >= 0.6 is 0 Å². The summed E-state index contributed by atoms with van der Waals surface area (Å²) in [5, 5.41) is 0. The number of hydrogen-bond donors (Lipinski definition) is 0. The maximum atomic E-state index is 13.6. The first-order valence-electron chi connectivity index (χ1n) is 8.22. The van der Waals surface area contributed by atoms with E-state index in [2.05, 4.69) is 43.3 Å². The molecule has 0 aliphatic heterocycles. The van der Waals surface area contributed by atoms with Gasteiger partial charge in [-0.25, -0.2) is 4.39 Å². The van der Waals surface area contributed by atoms with Crippen molar-refractivity contribution >= 4 is 0 Å². The van der Waals surface area contributed by atoms with Gasteiger partial charge in [-0.05, 0) is 52.8 Å². The van der Waals surface area contributed by atoms with Crippen molar-refractivity contribution in [2.45, 2.75) is 26.2 Å². The Morgan fingerprint density at radius 2 is 1.43 bits per heavy atom. The lowest BCUT2D eigenvalue weighted by Gasteiger charge is -2.11. The Balaban J connectivity index is 1.97. The van der Waals surface area contributed by atoms with Crippen molar-refractivity contribution in [1.29, 1.82) is 0 Å². The van der Waals surface area contributed by atoms with E-state index in [9.17, 15) is 4.39 Å². The summed E-state index contributed by atoms with van der Waals surface area (Å²) in [5.74, 6) is -0.202. The van der Waals surface area contributed by atoms with Crippen LogP contribution in [0.4, 0.5) is 4.39 Å². The molecule has 0 bridgehead atoms. The summed E-state index contributed by atoms with van der Waals surface area (Å²) >= 11 is 0. The molecule has 0 spiro atoms. The summed E-state index contributed by atoms with van der Waals surface area (Å²) in [6.07, 6.45) is 3.56. The van der Waals surface area contributed by atoms with Gasteiger partial charge in [0.25, 0.3) is 0 Å².